The minimum absolute atomic E-state index is 0.0958. The molecule has 0 atom stereocenters. The predicted molar refractivity (Wildman–Crippen MR) is 92.4 cm³/mol. The third kappa shape index (κ3) is 2.78. The molecule has 2 aliphatic rings. The lowest BCUT2D eigenvalue weighted by Gasteiger charge is -2.39. The standard InChI is InChI=1S/C18H19BrN2O3/c19-14-6-4-13(5-7-14)16-12-15(20-24-16)17(22)21-10-11-23-18(21)8-2-1-3-9-18/h4-7,12H,1-3,8-11H2. The second-order valence-electron chi connectivity index (χ2n) is 6.40. The molecule has 0 radical (unpaired) electrons. The smallest absolute Gasteiger partial charge is 0.278 e. The number of amides is 1. The first-order valence-electron chi connectivity index (χ1n) is 8.37. The monoisotopic (exact) mass is 390 g/mol. The SMILES string of the molecule is O=C(c1cc(-c2ccc(Br)cc2)on1)N1CCOC12CCCCC2. The van der Waals surface area contributed by atoms with E-state index in [1.807, 2.05) is 29.2 Å². The molecule has 1 saturated heterocycles. The minimum atomic E-state index is -0.425. The molecule has 0 bridgehead atoms. The number of carbonyl (C=O) groups excluding carboxylic acids is 1. The summed E-state index contributed by atoms with van der Waals surface area (Å²) in [5, 5.41) is 4.00. The number of ether oxygens (including phenoxy) is 1. The van der Waals surface area contributed by atoms with Gasteiger partial charge in [-0.15, -0.1) is 0 Å². The zero-order valence-corrected chi connectivity index (χ0v) is 14.9. The summed E-state index contributed by atoms with van der Waals surface area (Å²) >= 11 is 3.41. The van der Waals surface area contributed by atoms with Crippen molar-refractivity contribution in [3.05, 3.63) is 40.5 Å². The summed E-state index contributed by atoms with van der Waals surface area (Å²) in [5.41, 5.74) is 0.824. The molecule has 126 valence electrons. The van der Waals surface area contributed by atoms with Gasteiger partial charge in [-0.3, -0.25) is 4.79 Å². The lowest BCUT2D eigenvalue weighted by atomic mass is 9.90. The van der Waals surface area contributed by atoms with Crippen molar-refractivity contribution in [2.75, 3.05) is 13.2 Å². The Bertz CT molecular complexity index is 735. The van der Waals surface area contributed by atoms with Crippen LogP contribution in [-0.4, -0.2) is 34.8 Å². The minimum Gasteiger partial charge on any atom is -0.355 e. The summed E-state index contributed by atoms with van der Waals surface area (Å²) in [5.74, 6) is 0.505. The zero-order chi connectivity index (χ0) is 16.6. The number of hydrogen-bond acceptors (Lipinski definition) is 4. The van der Waals surface area contributed by atoms with E-state index in [-0.39, 0.29) is 5.91 Å². The Hall–Kier alpha value is -1.66. The predicted octanol–water partition coefficient (Wildman–Crippen LogP) is 4.24. The van der Waals surface area contributed by atoms with Gasteiger partial charge in [-0.2, -0.15) is 0 Å². The molecule has 1 amide bonds. The summed E-state index contributed by atoms with van der Waals surface area (Å²) in [6.07, 6.45) is 5.25. The van der Waals surface area contributed by atoms with Crippen LogP contribution >= 0.6 is 15.9 Å². The van der Waals surface area contributed by atoms with E-state index >= 15 is 0 Å². The van der Waals surface area contributed by atoms with Gasteiger partial charge in [-0.1, -0.05) is 39.6 Å². The van der Waals surface area contributed by atoms with E-state index in [9.17, 15) is 4.79 Å². The topological polar surface area (TPSA) is 55.6 Å². The number of benzene rings is 1. The largest absolute Gasteiger partial charge is 0.355 e. The molecule has 4 rings (SSSR count). The summed E-state index contributed by atoms with van der Waals surface area (Å²) in [6.45, 7) is 1.22. The van der Waals surface area contributed by atoms with Gasteiger partial charge in [0, 0.05) is 22.6 Å². The third-order valence-electron chi connectivity index (χ3n) is 4.92. The van der Waals surface area contributed by atoms with Crippen LogP contribution in [0.15, 0.2) is 39.3 Å². The fraction of sp³-hybridized carbons (Fsp3) is 0.444. The van der Waals surface area contributed by atoms with Crippen LogP contribution in [0.3, 0.4) is 0 Å². The number of rotatable bonds is 2. The van der Waals surface area contributed by atoms with Crippen LogP contribution in [0.1, 0.15) is 42.6 Å². The van der Waals surface area contributed by atoms with Gasteiger partial charge >= 0.3 is 0 Å². The van der Waals surface area contributed by atoms with Crippen molar-refractivity contribution < 1.29 is 14.1 Å². The van der Waals surface area contributed by atoms with Crippen LogP contribution in [0.25, 0.3) is 11.3 Å². The maximum atomic E-state index is 12.9. The first-order valence-corrected chi connectivity index (χ1v) is 9.16. The molecule has 1 spiro atoms. The first-order chi connectivity index (χ1) is 11.7. The summed E-state index contributed by atoms with van der Waals surface area (Å²) in [6, 6.07) is 9.46. The molecule has 1 aromatic carbocycles. The molecule has 0 unspecified atom stereocenters. The first kappa shape index (κ1) is 15.8. The molecular formula is C18H19BrN2O3. The maximum absolute atomic E-state index is 12.9. The second kappa shape index (κ2) is 6.33. The average Bonchev–Trinajstić information content (AvgIpc) is 3.24. The highest BCUT2D eigenvalue weighted by Gasteiger charge is 2.46. The molecule has 1 aliphatic carbocycles. The van der Waals surface area contributed by atoms with Crippen molar-refractivity contribution in [3.8, 4) is 11.3 Å². The van der Waals surface area contributed by atoms with Gasteiger partial charge in [0.25, 0.3) is 5.91 Å². The van der Waals surface area contributed by atoms with E-state index in [0.29, 0.717) is 24.6 Å². The molecule has 1 aliphatic heterocycles. The molecule has 2 aromatic rings. The van der Waals surface area contributed by atoms with Gasteiger partial charge in [0.1, 0.15) is 5.72 Å². The summed E-state index contributed by atoms with van der Waals surface area (Å²) in [7, 11) is 0. The van der Waals surface area contributed by atoms with Crippen LogP contribution in [0.5, 0.6) is 0 Å². The summed E-state index contributed by atoms with van der Waals surface area (Å²) in [4.78, 5) is 14.8. The number of carbonyl (C=O) groups is 1. The molecule has 2 fully saturated rings. The Labute approximate surface area is 149 Å². The highest BCUT2D eigenvalue weighted by atomic mass is 79.9. The Morgan fingerprint density at radius 3 is 2.67 bits per heavy atom. The fourth-order valence-corrected chi connectivity index (χ4v) is 3.94. The van der Waals surface area contributed by atoms with Gasteiger partial charge in [-0.05, 0) is 37.8 Å². The number of aromatic nitrogens is 1. The van der Waals surface area contributed by atoms with E-state index < -0.39 is 5.72 Å². The van der Waals surface area contributed by atoms with Gasteiger partial charge < -0.3 is 14.2 Å². The van der Waals surface area contributed by atoms with Crippen LogP contribution in [0.2, 0.25) is 0 Å². The van der Waals surface area contributed by atoms with E-state index in [2.05, 4.69) is 21.1 Å². The maximum Gasteiger partial charge on any atom is 0.278 e. The van der Waals surface area contributed by atoms with E-state index in [1.54, 1.807) is 6.07 Å². The molecule has 5 nitrogen and oxygen atoms in total. The van der Waals surface area contributed by atoms with Crippen molar-refractivity contribution in [2.45, 2.75) is 37.8 Å². The van der Waals surface area contributed by atoms with Crippen molar-refractivity contribution in [1.82, 2.24) is 10.1 Å². The number of nitrogens with zero attached hydrogens (tertiary/aromatic N) is 2. The average molecular weight is 391 g/mol. The van der Waals surface area contributed by atoms with Crippen LogP contribution in [-0.2, 0) is 4.74 Å². The van der Waals surface area contributed by atoms with Gasteiger partial charge in [0.05, 0.1) is 6.61 Å². The van der Waals surface area contributed by atoms with Gasteiger partial charge in [-0.25, -0.2) is 0 Å². The van der Waals surface area contributed by atoms with Gasteiger partial charge in [0.2, 0.25) is 0 Å². The van der Waals surface area contributed by atoms with Crippen molar-refractivity contribution in [2.24, 2.45) is 0 Å². The highest BCUT2D eigenvalue weighted by molar-refractivity contribution is 9.10. The molecule has 6 heteroatoms. The zero-order valence-electron chi connectivity index (χ0n) is 13.3. The molecule has 2 heterocycles. The highest BCUT2D eigenvalue weighted by Crippen LogP contribution is 2.38. The Balaban J connectivity index is 1.57. The quantitative estimate of drug-likeness (QED) is 0.769. The molecule has 24 heavy (non-hydrogen) atoms. The Morgan fingerprint density at radius 2 is 1.92 bits per heavy atom. The van der Waals surface area contributed by atoms with Crippen LogP contribution in [0, 0.1) is 0 Å². The fourth-order valence-electron chi connectivity index (χ4n) is 3.68. The molecule has 1 saturated carbocycles. The molecule has 1 aromatic heterocycles. The van der Waals surface area contributed by atoms with Crippen LogP contribution < -0.4 is 0 Å². The van der Waals surface area contributed by atoms with Gasteiger partial charge in [0.15, 0.2) is 11.5 Å². The molecular weight excluding hydrogens is 372 g/mol. The van der Waals surface area contributed by atoms with Crippen molar-refractivity contribution in [3.63, 3.8) is 0 Å². The Kier molecular flexibility index (Phi) is 4.18. The lowest BCUT2D eigenvalue weighted by molar-refractivity contribution is -0.0921. The molecule has 0 N–H and O–H groups in total. The lowest BCUT2D eigenvalue weighted by Crippen LogP contribution is -2.49. The van der Waals surface area contributed by atoms with E-state index in [4.69, 9.17) is 9.26 Å². The Morgan fingerprint density at radius 1 is 1.17 bits per heavy atom. The van der Waals surface area contributed by atoms with Crippen molar-refractivity contribution >= 4 is 21.8 Å². The second-order valence-corrected chi connectivity index (χ2v) is 7.31. The van der Waals surface area contributed by atoms with E-state index in [1.165, 1.54) is 6.42 Å². The third-order valence-corrected chi connectivity index (χ3v) is 5.44. The van der Waals surface area contributed by atoms with E-state index in [0.717, 1.165) is 35.7 Å². The summed E-state index contributed by atoms with van der Waals surface area (Å²) < 4.78 is 12.4. The van der Waals surface area contributed by atoms with Crippen molar-refractivity contribution in [1.29, 1.82) is 0 Å². The van der Waals surface area contributed by atoms with Crippen LogP contribution in [0.4, 0.5) is 0 Å². The normalized spacial score (nSPS) is 19.8. The number of halogens is 1. The number of hydrogen-bond donors (Lipinski definition) is 0.